The Labute approximate surface area is 134 Å². The van der Waals surface area contributed by atoms with E-state index in [2.05, 4.69) is 5.32 Å². The van der Waals surface area contributed by atoms with E-state index < -0.39 is 0 Å². The van der Waals surface area contributed by atoms with Crippen LogP contribution in [0.3, 0.4) is 0 Å². The monoisotopic (exact) mass is 306 g/mol. The van der Waals surface area contributed by atoms with Crippen LogP contribution in [0.2, 0.25) is 0 Å². The number of carbonyl (C=O) groups is 2. The molecule has 3 aliphatic rings. The lowest BCUT2D eigenvalue weighted by atomic mass is 9.96. The summed E-state index contributed by atoms with van der Waals surface area (Å²) in [7, 11) is 0. The van der Waals surface area contributed by atoms with Crippen molar-refractivity contribution in [3.63, 3.8) is 0 Å². The Morgan fingerprint density at radius 1 is 0.909 bits per heavy atom. The van der Waals surface area contributed by atoms with Crippen molar-refractivity contribution in [2.75, 3.05) is 6.54 Å². The first-order valence-electron chi connectivity index (χ1n) is 9.31. The highest BCUT2D eigenvalue weighted by Crippen LogP contribution is 2.37. The van der Waals surface area contributed by atoms with E-state index in [0.29, 0.717) is 24.9 Å². The molecule has 3 rings (SSSR count). The third-order valence-electron chi connectivity index (χ3n) is 5.77. The Kier molecular flexibility index (Phi) is 5.37. The Bertz CT molecular complexity index is 402. The smallest absolute Gasteiger partial charge is 0.223 e. The number of rotatable bonds is 4. The summed E-state index contributed by atoms with van der Waals surface area (Å²) < 4.78 is 0. The van der Waals surface area contributed by atoms with Gasteiger partial charge in [-0.1, -0.05) is 32.1 Å². The standard InChI is InChI=1S/C18H30N2O2/c21-17(19-15-6-4-2-1-3-5-7-15)10-11-18(22)20-13-14-8-9-16(20)12-14/h14-16H,1-13H2,(H,19,21)/t14-,16+/m1/s1. The molecule has 0 aromatic carbocycles. The van der Waals surface area contributed by atoms with Crippen molar-refractivity contribution >= 4 is 11.8 Å². The van der Waals surface area contributed by atoms with Crippen LogP contribution < -0.4 is 5.32 Å². The molecule has 0 aromatic heterocycles. The number of hydrogen-bond acceptors (Lipinski definition) is 2. The summed E-state index contributed by atoms with van der Waals surface area (Å²) in [6.45, 7) is 0.938. The van der Waals surface area contributed by atoms with Crippen LogP contribution in [-0.2, 0) is 9.59 Å². The molecule has 124 valence electrons. The van der Waals surface area contributed by atoms with Gasteiger partial charge in [0.15, 0.2) is 0 Å². The van der Waals surface area contributed by atoms with E-state index in [9.17, 15) is 9.59 Å². The van der Waals surface area contributed by atoms with Gasteiger partial charge < -0.3 is 10.2 Å². The molecule has 2 bridgehead atoms. The first-order chi connectivity index (χ1) is 10.7. The van der Waals surface area contributed by atoms with Gasteiger partial charge in [0, 0.05) is 31.5 Å². The first-order valence-corrected chi connectivity index (χ1v) is 9.31. The fraction of sp³-hybridized carbons (Fsp3) is 0.889. The molecule has 1 aliphatic heterocycles. The van der Waals surface area contributed by atoms with Crippen LogP contribution in [0.1, 0.15) is 77.0 Å². The minimum absolute atomic E-state index is 0.0725. The second kappa shape index (κ2) is 7.47. The van der Waals surface area contributed by atoms with Crippen molar-refractivity contribution in [2.24, 2.45) is 5.92 Å². The average molecular weight is 306 g/mol. The predicted molar refractivity (Wildman–Crippen MR) is 86.3 cm³/mol. The van der Waals surface area contributed by atoms with Crippen molar-refractivity contribution in [3.8, 4) is 0 Å². The molecular formula is C18H30N2O2. The molecule has 4 nitrogen and oxygen atoms in total. The van der Waals surface area contributed by atoms with Gasteiger partial charge in [0.1, 0.15) is 0 Å². The fourth-order valence-electron chi connectivity index (χ4n) is 4.49. The van der Waals surface area contributed by atoms with Gasteiger partial charge in [0.2, 0.25) is 11.8 Å². The quantitative estimate of drug-likeness (QED) is 0.868. The van der Waals surface area contributed by atoms with Gasteiger partial charge in [-0.25, -0.2) is 0 Å². The van der Waals surface area contributed by atoms with Crippen molar-refractivity contribution in [1.29, 1.82) is 0 Å². The summed E-state index contributed by atoms with van der Waals surface area (Å²) in [6, 6.07) is 0.817. The predicted octanol–water partition coefficient (Wildman–Crippen LogP) is 3.01. The second-order valence-corrected chi connectivity index (χ2v) is 7.49. The third kappa shape index (κ3) is 4.02. The zero-order valence-corrected chi connectivity index (χ0v) is 13.7. The lowest BCUT2D eigenvalue weighted by molar-refractivity contribution is -0.135. The van der Waals surface area contributed by atoms with E-state index in [4.69, 9.17) is 0 Å². The molecule has 22 heavy (non-hydrogen) atoms. The van der Waals surface area contributed by atoms with Crippen LogP contribution in [-0.4, -0.2) is 35.3 Å². The Morgan fingerprint density at radius 3 is 2.27 bits per heavy atom. The highest BCUT2D eigenvalue weighted by atomic mass is 16.2. The van der Waals surface area contributed by atoms with Crippen LogP contribution in [0.15, 0.2) is 0 Å². The largest absolute Gasteiger partial charge is 0.353 e. The van der Waals surface area contributed by atoms with Crippen molar-refractivity contribution in [3.05, 3.63) is 0 Å². The molecule has 0 aromatic rings. The molecule has 2 atom stereocenters. The molecule has 2 aliphatic carbocycles. The molecular weight excluding hydrogens is 276 g/mol. The molecule has 2 saturated carbocycles. The van der Waals surface area contributed by atoms with Gasteiger partial charge in [0.05, 0.1) is 0 Å². The van der Waals surface area contributed by atoms with Gasteiger partial charge >= 0.3 is 0 Å². The fourth-order valence-corrected chi connectivity index (χ4v) is 4.49. The van der Waals surface area contributed by atoms with Crippen LogP contribution in [0.4, 0.5) is 0 Å². The minimum Gasteiger partial charge on any atom is -0.353 e. The molecule has 0 unspecified atom stereocenters. The number of hydrogen-bond donors (Lipinski definition) is 1. The van der Waals surface area contributed by atoms with Gasteiger partial charge in [-0.3, -0.25) is 9.59 Å². The topological polar surface area (TPSA) is 49.4 Å². The summed E-state index contributed by atoms with van der Waals surface area (Å²) in [5.41, 5.74) is 0. The number of fused-ring (bicyclic) bond motifs is 2. The van der Waals surface area contributed by atoms with Crippen molar-refractivity contribution < 1.29 is 9.59 Å². The Balaban J connectivity index is 1.37. The highest BCUT2D eigenvalue weighted by Gasteiger charge is 2.39. The zero-order valence-electron chi connectivity index (χ0n) is 13.7. The second-order valence-electron chi connectivity index (χ2n) is 7.49. The lowest BCUT2D eigenvalue weighted by Gasteiger charge is -2.27. The van der Waals surface area contributed by atoms with E-state index in [1.54, 1.807) is 0 Å². The summed E-state index contributed by atoms with van der Waals surface area (Å²) in [5.74, 6) is 1.00. The van der Waals surface area contributed by atoms with Gasteiger partial charge in [-0.15, -0.1) is 0 Å². The van der Waals surface area contributed by atoms with E-state index in [0.717, 1.165) is 25.3 Å². The van der Waals surface area contributed by atoms with Crippen LogP contribution in [0.25, 0.3) is 0 Å². The summed E-state index contributed by atoms with van der Waals surface area (Å²) >= 11 is 0. The van der Waals surface area contributed by atoms with E-state index in [1.165, 1.54) is 51.4 Å². The molecule has 0 spiro atoms. The van der Waals surface area contributed by atoms with Crippen molar-refractivity contribution in [1.82, 2.24) is 10.2 Å². The van der Waals surface area contributed by atoms with Gasteiger partial charge in [-0.05, 0) is 38.0 Å². The highest BCUT2D eigenvalue weighted by molar-refractivity contribution is 5.84. The summed E-state index contributed by atoms with van der Waals surface area (Å²) in [6.07, 6.45) is 13.0. The number of carbonyl (C=O) groups excluding carboxylic acids is 2. The molecule has 1 heterocycles. The number of amides is 2. The van der Waals surface area contributed by atoms with E-state index in [1.807, 2.05) is 4.90 Å². The lowest BCUT2D eigenvalue weighted by Crippen LogP contribution is -2.39. The molecule has 1 N–H and O–H groups in total. The normalized spacial score (nSPS) is 29.2. The minimum atomic E-state index is 0.0725. The van der Waals surface area contributed by atoms with Gasteiger partial charge in [-0.2, -0.15) is 0 Å². The molecule has 2 amide bonds. The number of nitrogens with zero attached hydrogens (tertiary/aromatic N) is 1. The molecule has 3 fully saturated rings. The Hall–Kier alpha value is -1.06. The summed E-state index contributed by atoms with van der Waals surface area (Å²) in [5, 5.41) is 3.16. The van der Waals surface area contributed by atoms with Crippen LogP contribution >= 0.6 is 0 Å². The van der Waals surface area contributed by atoms with E-state index in [-0.39, 0.29) is 11.8 Å². The van der Waals surface area contributed by atoms with E-state index >= 15 is 0 Å². The maximum absolute atomic E-state index is 12.3. The maximum Gasteiger partial charge on any atom is 0.223 e. The van der Waals surface area contributed by atoms with Crippen LogP contribution in [0.5, 0.6) is 0 Å². The SMILES string of the molecule is O=C(CCC(=O)N1C[C@@H]2CC[C@H]1C2)NC1CCCCCCC1. The third-order valence-corrected chi connectivity index (χ3v) is 5.77. The Morgan fingerprint density at radius 2 is 1.64 bits per heavy atom. The van der Waals surface area contributed by atoms with Crippen LogP contribution in [0, 0.1) is 5.92 Å². The molecule has 1 saturated heterocycles. The van der Waals surface area contributed by atoms with Crippen molar-refractivity contribution in [2.45, 2.75) is 89.1 Å². The summed E-state index contributed by atoms with van der Waals surface area (Å²) in [4.78, 5) is 26.4. The zero-order chi connectivity index (χ0) is 15.4. The van der Waals surface area contributed by atoms with Gasteiger partial charge in [0.25, 0.3) is 0 Å². The molecule has 4 heteroatoms. The number of likely N-dealkylation sites (tertiary alicyclic amines) is 1. The maximum atomic E-state index is 12.3. The number of piperidine rings is 1. The number of nitrogens with one attached hydrogen (secondary N) is 1. The first kappa shape index (κ1) is 15.8. The average Bonchev–Trinajstić information content (AvgIpc) is 3.10. The molecule has 0 radical (unpaired) electrons.